The van der Waals surface area contributed by atoms with Gasteiger partial charge in [0.1, 0.15) is 5.02 Å². The Morgan fingerprint density at radius 3 is 2.35 bits per heavy atom. The first-order valence-electron chi connectivity index (χ1n) is 8.75. The van der Waals surface area contributed by atoms with Gasteiger partial charge in [0.05, 0.1) is 0 Å². The summed E-state index contributed by atoms with van der Waals surface area (Å²) in [5.41, 5.74) is 3.53. The van der Waals surface area contributed by atoms with Gasteiger partial charge in [-0.15, -0.1) is 0 Å². The van der Waals surface area contributed by atoms with Crippen LogP contribution < -0.4 is 10.9 Å². The van der Waals surface area contributed by atoms with Crippen LogP contribution in [0.3, 0.4) is 0 Å². The first-order valence-corrected chi connectivity index (χ1v) is 9.13. The number of rotatable bonds is 3. The van der Waals surface area contributed by atoms with E-state index < -0.39 is 0 Å². The number of halogens is 1. The Hall–Kier alpha value is -2.33. The molecule has 1 fully saturated rings. The van der Waals surface area contributed by atoms with Crippen LogP contribution in [0.25, 0.3) is 5.57 Å². The van der Waals surface area contributed by atoms with Gasteiger partial charge in [0.25, 0.3) is 5.56 Å². The highest BCUT2D eigenvalue weighted by atomic mass is 35.5. The van der Waals surface area contributed by atoms with Gasteiger partial charge in [0.15, 0.2) is 0 Å². The lowest BCUT2D eigenvalue weighted by molar-refractivity contribution is -0.119. The summed E-state index contributed by atoms with van der Waals surface area (Å²) >= 11 is 5.87. The number of hydrogen-bond donors (Lipinski definition) is 2. The van der Waals surface area contributed by atoms with Crippen molar-refractivity contribution in [3.05, 3.63) is 74.7 Å². The summed E-state index contributed by atoms with van der Waals surface area (Å²) in [6.07, 6.45) is 3.28. The quantitative estimate of drug-likeness (QED) is 0.856. The molecule has 0 aliphatic carbocycles. The highest BCUT2D eigenvalue weighted by Gasteiger charge is 2.21. The number of amides is 1. The van der Waals surface area contributed by atoms with Crippen LogP contribution in [0.5, 0.6) is 0 Å². The normalized spacial score (nSPS) is 18.1. The van der Waals surface area contributed by atoms with E-state index in [1.54, 1.807) is 12.1 Å². The monoisotopic (exact) mass is 370 g/mol. The van der Waals surface area contributed by atoms with Gasteiger partial charge in [-0.05, 0) is 35.1 Å². The summed E-state index contributed by atoms with van der Waals surface area (Å²) in [4.78, 5) is 26.3. The molecule has 1 amide bonds. The molecule has 2 N–H and O–H groups in total. The molecule has 0 spiro atoms. The minimum atomic E-state index is -0.322. The molecule has 0 bridgehead atoms. The van der Waals surface area contributed by atoms with Crippen molar-refractivity contribution in [1.82, 2.24) is 10.3 Å². The SMILES string of the molecule is CC(C)(C)c1ccc(C(=C[C@@H]2CCC(=O)N2)c2ccc(Cl)c(=O)[nH]2)cc1. The van der Waals surface area contributed by atoms with E-state index >= 15 is 0 Å². The van der Waals surface area contributed by atoms with Crippen molar-refractivity contribution < 1.29 is 4.79 Å². The molecule has 26 heavy (non-hydrogen) atoms. The zero-order chi connectivity index (χ0) is 18.9. The fourth-order valence-electron chi connectivity index (χ4n) is 3.07. The number of aromatic nitrogens is 1. The van der Waals surface area contributed by atoms with E-state index in [1.807, 2.05) is 6.08 Å². The summed E-state index contributed by atoms with van der Waals surface area (Å²) in [7, 11) is 0. The molecule has 4 nitrogen and oxygen atoms in total. The van der Waals surface area contributed by atoms with E-state index in [-0.39, 0.29) is 27.9 Å². The van der Waals surface area contributed by atoms with Gasteiger partial charge in [-0.1, -0.05) is 62.7 Å². The van der Waals surface area contributed by atoms with Gasteiger partial charge in [-0.25, -0.2) is 0 Å². The zero-order valence-corrected chi connectivity index (χ0v) is 16.0. The molecule has 0 unspecified atom stereocenters. The Balaban J connectivity index is 2.05. The Bertz CT molecular complexity index is 905. The van der Waals surface area contributed by atoms with Crippen LogP contribution in [0.15, 0.2) is 47.3 Å². The lowest BCUT2D eigenvalue weighted by Crippen LogP contribution is -2.23. The Morgan fingerprint density at radius 2 is 1.81 bits per heavy atom. The van der Waals surface area contributed by atoms with Gasteiger partial charge in [0.2, 0.25) is 5.91 Å². The van der Waals surface area contributed by atoms with Gasteiger partial charge in [-0.3, -0.25) is 9.59 Å². The number of hydrogen-bond acceptors (Lipinski definition) is 2. The van der Waals surface area contributed by atoms with Crippen LogP contribution in [0, 0.1) is 0 Å². The Morgan fingerprint density at radius 1 is 1.12 bits per heavy atom. The van der Waals surface area contributed by atoms with Gasteiger partial charge >= 0.3 is 0 Å². The molecule has 0 saturated carbocycles. The lowest BCUT2D eigenvalue weighted by Gasteiger charge is -2.20. The van der Waals surface area contributed by atoms with E-state index in [9.17, 15) is 9.59 Å². The van der Waals surface area contributed by atoms with E-state index in [1.165, 1.54) is 5.56 Å². The maximum absolute atomic E-state index is 12.0. The minimum absolute atomic E-state index is 0.0426. The Kier molecular flexibility index (Phi) is 5.05. The van der Waals surface area contributed by atoms with E-state index in [0.29, 0.717) is 12.1 Å². The second-order valence-corrected chi connectivity index (χ2v) is 8.08. The molecule has 1 saturated heterocycles. The fraction of sp³-hybridized carbons (Fsp3) is 0.333. The van der Waals surface area contributed by atoms with Gasteiger partial charge < -0.3 is 10.3 Å². The second-order valence-electron chi connectivity index (χ2n) is 7.67. The maximum Gasteiger partial charge on any atom is 0.267 e. The third-order valence-electron chi connectivity index (χ3n) is 4.61. The molecule has 5 heteroatoms. The summed E-state index contributed by atoms with van der Waals surface area (Å²) in [6.45, 7) is 6.51. The Labute approximate surface area is 158 Å². The van der Waals surface area contributed by atoms with Gasteiger partial charge in [0, 0.05) is 23.7 Å². The molecule has 2 aromatic rings. The molecule has 0 radical (unpaired) electrons. The topological polar surface area (TPSA) is 62.0 Å². The first-order chi connectivity index (χ1) is 12.2. The largest absolute Gasteiger partial charge is 0.350 e. The number of aromatic amines is 1. The predicted molar refractivity (Wildman–Crippen MR) is 105 cm³/mol. The van der Waals surface area contributed by atoms with Crippen molar-refractivity contribution in [1.29, 1.82) is 0 Å². The van der Waals surface area contributed by atoms with Crippen molar-refractivity contribution in [2.75, 3.05) is 0 Å². The van der Waals surface area contributed by atoms with Crippen molar-refractivity contribution in [2.45, 2.75) is 45.1 Å². The van der Waals surface area contributed by atoms with Crippen LogP contribution >= 0.6 is 11.6 Å². The van der Waals surface area contributed by atoms with E-state index in [0.717, 1.165) is 17.6 Å². The van der Waals surface area contributed by atoms with Crippen LogP contribution in [0.2, 0.25) is 5.02 Å². The highest BCUT2D eigenvalue weighted by Crippen LogP contribution is 2.28. The summed E-state index contributed by atoms with van der Waals surface area (Å²) in [6, 6.07) is 11.7. The number of nitrogens with one attached hydrogen (secondary N) is 2. The molecule has 1 aliphatic heterocycles. The lowest BCUT2D eigenvalue weighted by atomic mass is 9.86. The van der Waals surface area contributed by atoms with Crippen molar-refractivity contribution in [3.63, 3.8) is 0 Å². The average Bonchev–Trinajstić information content (AvgIpc) is 3.00. The van der Waals surface area contributed by atoms with Gasteiger partial charge in [-0.2, -0.15) is 0 Å². The van der Waals surface area contributed by atoms with Crippen molar-refractivity contribution >= 4 is 23.1 Å². The van der Waals surface area contributed by atoms with Crippen molar-refractivity contribution in [2.24, 2.45) is 0 Å². The summed E-state index contributed by atoms with van der Waals surface area (Å²) < 4.78 is 0. The third-order valence-corrected chi connectivity index (χ3v) is 4.91. The molecule has 1 atom stereocenters. The van der Waals surface area contributed by atoms with E-state index in [4.69, 9.17) is 11.6 Å². The molecule has 3 rings (SSSR count). The fourth-order valence-corrected chi connectivity index (χ4v) is 3.18. The third kappa shape index (κ3) is 4.07. The molecular weight excluding hydrogens is 348 g/mol. The molecule has 136 valence electrons. The molecule has 1 aromatic heterocycles. The molecular formula is C21H23ClN2O2. The summed E-state index contributed by atoms with van der Waals surface area (Å²) in [5.74, 6) is 0.0540. The first kappa shape index (κ1) is 18.5. The zero-order valence-electron chi connectivity index (χ0n) is 15.2. The highest BCUT2D eigenvalue weighted by molar-refractivity contribution is 6.30. The predicted octanol–water partition coefficient (Wildman–Crippen LogP) is 4.04. The second kappa shape index (κ2) is 7.12. The minimum Gasteiger partial charge on any atom is -0.350 e. The van der Waals surface area contributed by atoms with Crippen LogP contribution in [0.1, 0.15) is 50.4 Å². The summed E-state index contributed by atoms with van der Waals surface area (Å²) in [5, 5.41) is 3.11. The van der Waals surface area contributed by atoms with Crippen molar-refractivity contribution in [3.8, 4) is 0 Å². The number of H-pyrrole nitrogens is 1. The number of benzene rings is 1. The molecule has 1 aromatic carbocycles. The average molecular weight is 371 g/mol. The smallest absolute Gasteiger partial charge is 0.267 e. The molecule has 2 heterocycles. The number of carbonyl (C=O) groups is 1. The van der Waals surface area contributed by atoms with Crippen LogP contribution in [-0.4, -0.2) is 16.9 Å². The van der Waals surface area contributed by atoms with E-state index in [2.05, 4.69) is 55.3 Å². The number of carbonyl (C=O) groups excluding carboxylic acids is 1. The van der Waals surface area contributed by atoms with Crippen LogP contribution in [0.4, 0.5) is 0 Å². The maximum atomic E-state index is 12.0. The number of pyridine rings is 1. The van der Waals surface area contributed by atoms with Crippen LogP contribution in [-0.2, 0) is 10.2 Å². The molecule has 1 aliphatic rings. The standard InChI is InChI=1S/C21H23ClN2O2/c1-21(2,3)14-6-4-13(5-7-14)16(12-15-8-11-19(25)23-15)18-10-9-17(22)20(26)24-18/h4-7,9-10,12,15H,8,11H2,1-3H3,(H,23,25)(H,24,26)/t15-/m0/s1.